The van der Waals surface area contributed by atoms with Crippen LogP contribution < -0.4 is 0 Å². The van der Waals surface area contributed by atoms with Gasteiger partial charge in [-0.3, -0.25) is 19.2 Å². The van der Waals surface area contributed by atoms with Gasteiger partial charge in [0.25, 0.3) is 0 Å². The summed E-state index contributed by atoms with van der Waals surface area (Å²) in [6, 6.07) is 0. The summed E-state index contributed by atoms with van der Waals surface area (Å²) < 4.78 is 0. The van der Waals surface area contributed by atoms with Crippen LogP contribution in [-0.2, 0) is 28.8 Å². The van der Waals surface area contributed by atoms with E-state index in [1.165, 1.54) is 18.2 Å². The molecule has 0 fully saturated rings. The van der Waals surface area contributed by atoms with Gasteiger partial charge in [-0.1, -0.05) is 121 Å². The fourth-order valence-corrected chi connectivity index (χ4v) is 6.27. The predicted octanol–water partition coefficient (Wildman–Crippen LogP) is 7.51. The number of aliphatic hydroxyl groups is 8. The second-order valence-corrected chi connectivity index (χ2v) is 17.6. The number of allylic oxidation sites excluding steroid dienone is 3. The molecule has 4 atom stereocenters. The average molecular weight is 1040 g/mol. The Hall–Kier alpha value is -4.08. The fraction of sp³-hybridized carbons (Fsp3) is 0.774. The van der Waals surface area contributed by atoms with Gasteiger partial charge in [-0.05, 0) is 96.5 Å². The lowest BCUT2D eigenvalue weighted by Gasteiger charge is -2.06. The van der Waals surface area contributed by atoms with Crippen molar-refractivity contribution in [3.05, 3.63) is 36.5 Å². The Balaban J connectivity index is -0.000000260. The number of carbonyl (C=O) groups is 6. The van der Waals surface area contributed by atoms with Crippen LogP contribution in [0.4, 0.5) is 0 Å². The fourth-order valence-electron chi connectivity index (χ4n) is 6.27. The lowest BCUT2D eigenvalue weighted by molar-refractivity contribution is -0.139. The second-order valence-electron chi connectivity index (χ2n) is 17.6. The maximum absolute atomic E-state index is 10.6. The van der Waals surface area contributed by atoms with Crippen LogP contribution in [-0.4, -0.2) is 153 Å². The topological polar surface area (TPSA) is 365 Å². The largest absolute Gasteiger partial charge is 0.481 e. The highest BCUT2D eigenvalue weighted by Gasteiger charge is 2.08. The first kappa shape index (κ1) is 76.8. The summed E-state index contributed by atoms with van der Waals surface area (Å²) >= 11 is 0. The molecule has 0 saturated carbocycles. The molecule has 13 N–H and O–H groups in total. The van der Waals surface area contributed by atoms with Crippen LogP contribution in [0.2, 0.25) is 0 Å². The van der Waals surface area contributed by atoms with Crippen molar-refractivity contribution < 1.29 is 95.2 Å². The Kier molecular flexibility index (Phi) is 67.3. The van der Waals surface area contributed by atoms with Crippen LogP contribution in [0, 0.1) is 0 Å². The van der Waals surface area contributed by atoms with Crippen molar-refractivity contribution in [3.63, 3.8) is 0 Å². The molecular formula is C53H98O19. The Labute approximate surface area is 429 Å². The van der Waals surface area contributed by atoms with Gasteiger partial charge in [0.15, 0.2) is 5.78 Å². The van der Waals surface area contributed by atoms with E-state index in [-0.39, 0.29) is 51.0 Å². The van der Waals surface area contributed by atoms with E-state index in [0.29, 0.717) is 19.3 Å². The Morgan fingerprint density at radius 2 is 0.694 bits per heavy atom. The Bertz CT molecular complexity index is 1310. The highest BCUT2D eigenvalue weighted by Crippen LogP contribution is 2.12. The van der Waals surface area contributed by atoms with Gasteiger partial charge in [-0.15, -0.1) is 0 Å². The molecule has 0 spiro atoms. The average Bonchev–Trinajstić information content (AvgIpc) is 3.32. The van der Waals surface area contributed by atoms with Gasteiger partial charge in [-0.25, -0.2) is 9.59 Å². The summed E-state index contributed by atoms with van der Waals surface area (Å²) in [4.78, 5) is 61.3. The van der Waals surface area contributed by atoms with Crippen molar-refractivity contribution in [2.24, 2.45) is 0 Å². The van der Waals surface area contributed by atoms with Gasteiger partial charge in [0.1, 0.15) is 6.61 Å². The Morgan fingerprint density at radius 3 is 1.03 bits per heavy atom. The number of aliphatic carboxylic acids is 5. The van der Waals surface area contributed by atoms with Crippen molar-refractivity contribution >= 4 is 35.6 Å². The summed E-state index contributed by atoms with van der Waals surface area (Å²) in [5, 5.41) is 112. The van der Waals surface area contributed by atoms with Crippen LogP contribution >= 0.6 is 0 Å². The quantitative estimate of drug-likeness (QED) is 0.0207. The van der Waals surface area contributed by atoms with E-state index >= 15 is 0 Å². The standard InChI is InChI=1S/C12H22O4.C11H20O4.C10H20O4.C10H18O4.C10H18O3/c13-10-11(14)8-6-4-2-1-3-5-7-9-12(15)16;12-8-10(14)6-4-2-1-3-5-7-11(15)9-13;11-7-5-3-1-2-4-6-9(12)8-10(13)14;11-9(12)7-5-3-1-2-4-6-8-10(13)14;1-9(11)7-5-3-2-4-6-8-10(12)13/h7,9,11,13-14H,1-6,8,10H2,(H,15,16);4,6,11-13,15H,1-3,5,7-9H2;9,11-12H,1-8H2,(H,13,14);1-8H2,(H,11,12)(H,13,14);6,8-9,11H,2-5,7H2,1H3,(H,12,13)/b9-7+;6-4+;;;8-6+/t2*11-;;;9-/m11..1/s1. The number of carboxylic acids is 5. The van der Waals surface area contributed by atoms with Crippen LogP contribution in [0.25, 0.3) is 0 Å². The second kappa shape index (κ2) is 63.0. The highest BCUT2D eigenvalue weighted by atomic mass is 16.4. The third-order valence-electron chi connectivity index (χ3n) is 10.3. The zero-order valence-electron chi connectivity index (χ0n) is 43.5. The first-order valence-corrected chi connectivity index (χ1v) is 26.1. The van der Waals surface area contributed by atoms with Gasteiger partial charge < -0.3 is 66.4 Å². The summed E-state index contributed by atoms with van der Waals surface area (Å²) in [5.41, 5.74) is 0. The molecule has 19 nitrogen and oxygen atoms in total. The molecule has 1 unspecified atom stereocenters. The lowest BCUT2D eigenvalue weighted by atomic mass is 10.1. The monoisotopic (exact) mass is 1040 g/mol. The normalized spacial score (nSPS) is 12.5. The molecule has 0 aromatic carbocycles. The minimum absolute atomic E-state index is 0.153. The third-order valence-corrected chi connectivity index (χ3v) is 10.3. The van der Waals surface area contributed by atoms with Crippen LogP contribution in [0.3, 0.4) is 0 Å². The molecule has 19 heteroatoms. The van der Waals surface area contributed by atoms with E-state index in [9.17, 15) is 33.9 Å². The summed E-state index contributed by atoms with van der Waals surface area (Å²) in [7, 11) is 0. The van der Waals surface area contributed by atoms with E-state index in [0.717, 1.165) is 167 Å². The molecule has 0 aliphatic carbocycles. The van der Waals surface area contributed by atoms with Crippen molar-refractivity contribution in [1.82, 2.24) is 0 Å². The van der Waals surface area contributed by atoms with E-state index in [2.05, 4.69) is 0 Å². The van der Waals surface area contributed by atoms with Gasteiger partial charge >= 0.3 is 29.8 Å². The minimum atomic E-state index is -0.946. The van der Waals surface area contributed by atoms with Crippen LogP contribution in [0.1, 0.15) is 212 Å². The van der Waals surface area contributed by atoms with Crippen molar-refractivity contribution in [2.45, 2.75) is 237 Å². The number of carbonyl (C=O) groups excluding carboxylic acids is 1. The highest BCUT2D eigenvalue weighted by molar-refractivity contribution is 5.90. The maximum Gasteiger partial charge on any atom is 0.327 e. The molecule has 0 aliphatic heterocycles. The smallest absolute Gasteiger partial charge is 0.327 e. The van der Waals surface area contributed by atoms with Gasteiger partial charge in [0.2, 0.25) is 0 Å². The molecule has 0 radical (unpaired) electrons. The summed E-state index contributed by atoms with van der Waals surface area (Å²) in [5.74, 6) is -4.47. The zero-order chi connectivity index (χ0) is 55.5. The maximum atomic E-state index is 10.6. The zero-order valence-corrected chi connectivity index (χ0v) is 43.5. The molecule has 0 amide bonds. The number of hydrogen-bond acceptors (Lipinski definition) is 14. The molecule has 72 heavy (non-hydrogen) atoms. The number of unbranched alkanes of at least 4 members (excludes halogenated alkanes) is 20. The van der Waals surface area contributed by atoms with Crippen molar-refractivity contribution in [1.29, 1.82) is 0 Å². The summed E-state index contributed by atoms with van der Waals surface area (Å²) in [6.07, 6.45) is 33.3. The van der Waals surface area contributed by atoms with Gasteiger partial charge in [0.05, 0.1) is 44.1 Å². The van der Waals surface area contributed by atoms with E-state index in [1.807, 2.05) is 0 Å². The molecule has 0 aromatic rings. The van der Waals surface area contributed by atoms with Gasteiger partial charge in [-0.2, -0.15) is 0 Å². The van der Waals surface area contributed by atoms with E-state index in [1.54, 1.807) is 25.2 Å². The van der Waals surface area contributed by atoms with E-state index < -0.39 is 54.8 Å². The predicted molar refractivity (Wildman–Crippen MR) is 276 cm³/mol. The first-order chi connectivity index (χ1) is 34.3. The molecule has 0 heterocycles. The third kappa shape index (κ3) is 85.8. The SMILES string of the molecule is C[C@@H](O)CCCCC/C=C/C(=O)O.O=C(/C=C/CCCCC[C@@H](O)CO)CO.O=C(O)/C=C/CCCCCCC[C@@H](O)CO.O=C(O)CC(O)CCCCCCCO.O=C(O)CCCCCCCCC(=O)O. The van der Waals surface area contributed by atoms with Crippen LogP contribution in [0.15, 0.2) is 36.5 Å². The van der Waals surface area contributed by atoms with Gasteiger partial charge in [0, 0.05) is 31.6 Å². The molecule has 0 aromatic heterocycles. The number of aliphatic hydroxyl groups excluding tert-OH is 8. The van der Waals surface area contributed by atoms with Crippen LogP contribution in [0.5, 0.6) is 0 Å². The molecule has 0 aliphatic rings. The Morgan fingerprint density at radius 1 is 0.375 bits per heavy atom. The molecule has 0 bridgehead atoms. The van der Waals surface area contributed by atoms with Crippen molar-refractivity contribution in [3.8, 4) is 0 Å². The number of rotatable bonds is 44. The molecular weight excluding hydrogens is 941 g/mol. The molecule has 0 saturated heterocycles. The van der Waals surface area contributed by atoms with E-state index in [4.69, 9.17) is 61.3 Å². The lowest BCUT2D eigenvalue weighted by Crippen LogP contribution is -2.12. The molecule has 0 rings (SSSR count). The minimum Gasteiger partial charge on any atom is -0.481 e. The van der Waals surface area contributed by atoms with Crippen molar-refractivity contribution in [2.75, 3.05) is 26.4 Å². The number of ketones is 1. The number of hydrogen-bond donors (Lipinski definition) is 13. The first-order valence-electron chi connectivity index (χ1n) is 26.1. The summed E-state index contributed by atoms with van der Waals surface area (Å²) in [6.45, 7) is 1.26. The molecule has 424 valence electrons. The number of carboxylic acid groups (broad SMARTS) is 5.